The maximum Gasteiger partial charge on any atom is 0.123 e. The maximum atomic E-state index is 13.7. The van der Waals surface area contributed by atoms with E-state index in [0.29, 0.717) is 16.3 Å². The normalized spacial score (nSPS) is 18.1. The summed E-state index contributed by atoms with van der Waals surface area (Å²) in [7, 11) is 0. The molecule has 0 spiro atoms. The number of hydrogen-bond acceptors (Lipinski definition) is 5. The highest BCUT2D eigenvalue weighted by Gasteiger charge is 2.32. The first kappa shape index (κ1) is 25.0. The van der Waals surface area contributed by atoms with Gasteiger partial charge in [0.05, 0.1) is 34.5 Å². The Kier molecular flexibility index (Phi) is 7.92. The van der Waals surface area contributed by atoms with Crippen molar-refractivity contribution in [3.8, 4) is 11.8 Å². The third-order valence-corrected chi connectivity index (χ3v) is 6.76. The Labute approximate surface area is 210 Å². The number of aliphatic hydroxyl groups is 1. The van der Waals surface area contributed by atoms with Crippen LogP contribution in [0.5, 0.6) is 5.75 Å². The molecule has 0 saturated carbocycles. The van der Waals surface area contributed by atoms with Crippen molar-refractivity contribution in [2.45, 2.75) is 32.0 Å². The standard InChI is InChI=1S/C28H29ClFN3O2/c1-19(34)18-35-25-11-12-27(26(29)15-25)33-14-13-32(17-28(33)23-7-9-24(30)10-8-23)20(2)22-5-3-21(16-31)4-6-22/h3-12,15,19-20,28,34H,13-14,17-18H2,1-2H3/t19-,20+,28-/m0/s1. The minimum absolute atomic E-state index is 0.0353. The summed E-state index contributed by atoms with van der Waals surface area (Å²) in [5, 5.41) is 19.2. The number of nitriles is 1. The number of halogens is 2. The Morgan fingerprint density at radius 3 is 2.43 bits per heavy atom. The molecule has 0 aliphatic carbocycles. The quantitative estimate of drug-likeness (QED) is 0.455. The van der Waals surface area contributed by atoms with Gasteiger partial charge in [-0.2, -0.15) is 5.26 Å². The van der Waals surface area contributed by atoms with Crippen molar-refractivity contribution in [3.63, 3.8) is 0 Å². The van der Waals surface area contributed by atoms with Crippen molar-refractivity contribution in [1.29, 1.82) is 5.26 Å². The molecule has 3 atom stereocenters. The van der Waals surface area contributed by atoms with E-state index in [4.69, 9.17) is 21.6 Å². The number of piperazine rings is 1. The fourth-order valence-corrected chi connectivity index (χ4v) is 4.77. The number of aliphatic hydroxyl groups excluding tert-OH is 1. The summed E-state index contributed by atoms with van der Waals surface area (Å²) in [6, 6.07) is 22.2. The Hall–Kier alpha value is -3.11. The van der Waals surface area contributed by atoms with Crippen LogP contribution in [0.3, 0.4) is 0 Å². The van der Waals surface area contributed by atoms with Crippen LogP contribution in [0.25, 0.3) is 0 Å². The second-order valence-electron chi connectivity index (χ2n) is 8.94. The molecule has 1 saturated heterocycles. The van der Waals surface area contributed by atoms with Gasteiger partial charge >= 0.3 is 0 Å². The van der Waals surface area contributed by atoms with E-state index in [2.05, 4.69) is 22.8 Å². The van der Waals surface area contributed by atoms with Crippen molar-refractivity contribution >= 4 is 17.3 Å². The Bertz CT molecular complexity index is 1180. The van der Waals surface area contributed by atoms with Crippen molar-refractivity contribution in [2.75, 3.05) is 31.1 Å². The van der Waals surface area contributed by atoms with Gasteiger partial charge < -0.3 is 14.7 Å². The zero-order valence-electron chi connectivity index (χ0n) is 19.9. The molecule has 1 fully saturated rings. The van der Waals surface area contributed by atoms with E-state index in [9.17, 15) is 9.50 Å². The van der Waals surface area contributed by atoms with Gasteiger partial charge in [0.2, 0.25) is 0 Å². The highest BCUT2D eigenvalue weighted by molar-refractivity contribution is 6.33. The molecule has 5 nitrogen and oxygen atoms in total. The van der Waals surface area contributed by atoms with Crippen LogP contribution in [0.4, 0.5) is 10.1 Å². The summed E-state index contributed by atoms with van der Waals surface area (Å²) < 4.78 is 19.3. The maximum absolute atomic E-state index is 13.7. The lowest BCUT2D eigenvalue weighted by Gasteiger charge is -2.45. The molecular formula is C28H29ClFN3O2. The molecule has 1 N–H and O–H groups in total. The van der Waals surface area contributed by atoms with Gasteiger partial charge in [-0.25, -0.2) is 4.39 Å². The molecule has 1 aliphatic rings. The zero-order chi connectivity index (χ0) is 24.9. The number of hydrogen-bond donors (Lipinski definition) is 1. The largest absolute Gasteiger partial charge is 0.491 e. The third-order valence-electron chi connectivity index (χ3n) is 6.46. The molecule has 182 valence electrons. The third kappa shape index (κ3) is 5.94. The molecule has 0 amide bonds. The van der Waals surface area contributed by atoms with Crippen molar-refractivity contribution in [3.05, 3.63) is 94.3 Å². The Balaban J connectivity index is 1.60. The Morgan fingerprint density at radius 2 is 1.80 bits per heavy atom. The minimum Gasteiger partial charge on any atom is -0.491 e. The molecule has 0 aromatic heterocycles. The molecule has 1 aliphatic heterocycles. The Morgan fingerprint density at radius 1 is 1.09 bits per heavy atom. The van der Waals surface area contributed by atoms with Gasteiger partial charge in [-0.3, -0.25) is 4.90 Å². The minimum atomic E-state index is -0.567. The molecular weight excluding hydrogens is 465 g/mol. The van der Waals surface area contributed by atoms with Crippen LogP contribution in [0.15, 0.2) is 66.7 Å². The van der Waals surface area contributed by atoms with Crippen LogP contribution in [-0.4, -0.2) is 42.4 Å². The van der Waals surface area contributed by atoms with E-state index in [1.807, 2.05) is 48.5 Å². The molecule has 0 bridgehead atoms. The number of benzene rings is 3. The average Bonchev–Trinajstić information content (AvgIpc) is 2.87. The summed E-state index contributed by atoms with van der Waals surface area (Å²) in [6.07, 6.45) is -0.567. The first-order chi connectivity index (χ1) is 16.9. The topological polar surface area (TPSA) is 59.7 Å². The fraction of sp³-hybridized carbons (Fsp3) is 0.321. The molecule has 0 unspecified atom stereocenters. The monoisotopic (exact) mass is 493 g/mol. The lowest BCUT2D eigenvalue weighted by atomic mass is 9.98. The van der Waals surface area contributed by atoms with E-state index >= 15 is 0 Å². The zero-order valence-corrected chi connectivity index (χ0v) is 20.6. The number of rotatable bonds is 7. The van der Waals surface area contributed by atoms with Crippen LogP contribution >= 0.6 is 11.6 Å². The SMILES string of the molecule is C[C@H](O)COc1ccc(N2CCN([C@H](C)c3ccc(C#N)cc3)C[C@H]2c2ccc(F)cc2)c(Cl)c1. The van der Waals surface area contributed by atoms with E-state index in [1.54, 1.807) is 13.0 Å². The molecule has 0 radical (unpaired) electrons. The second-order valence-corrected chi connectivity index (χ2v) is 9.35. The molecule has 4 rings (SSSR count). The summed E-state index contributed by atoms with van der Waals surface area (Å²) in [6.45, 7) is 6.30. The first-order valence-electron chi connectivity index (χ1n) is 11.7. The van der Waals surface area contributed by atoms with Gasteiger partial charge in [-0.15, -0.1) is 0 Å². The van der Waals surface area contributed by atoms with Gasteiger partial charge in [-0.05, 0) is 61.4 Å². The van der Waals surface area contributed by atoms with Crippen molar-refractivity contribution < 1.29 is 14.2 Å². The summed E-state index contributed by atoms with van der Waals surface area (Å²) in [5.74, 6) is 0.336. The highest BCUT2D eigenvalue weighted by atomic mass is 35.5. The van der Waals surface area contributed by atoms with E-state index in [-0.39, 0.29) is 24.5 Å². The van der Waals surface area contributed by atoms with Gasteiger partial charge in [0, 0.05) is 31.7 Å². The second kappa shape index (κ2) is 11.1. The highest BCUT2D eigenvalue weighted by Crippen LogP contribution is 2.38. The summed E-state index contributed by atoms with van der Waals surface area (Å²) in [4.78, 5) is 4.66. The molecule has 3 aromatic rings. The van der Waals surface area contributed by atoms with Crippen LogP contribution in [0, 0.1) is 17.1 Å². The molecule has 3 aromatic carbocycles. The predicted octanol–water partition coefficient (Wildman–Crippen LogP) is 5.73. The average molecular weight is 494 g/mol. The lowest BCUT2D eigenvalue weighted by Crippen LogP contribution is -2.49. The van der Waals surface area contributed by atoms with Crippen molar-refractivity contribution in [1.82, 2.24) is 4.90 Å². The van der Waals surface area contributed by atoms with Gasteiger partial charge in [0.15, 0.2) is 0 Å². The van der Waals surface area contributed by atoms with Crippen molar-refractivity contribution in [2.24, 2.45) is 0 Å². The summed E-state index contributed by atoms with van der Waals surface area (Å²) >= 11 is 6.70. The van der Waals surface area contributed by atoms with Crippen LogP contribution in [0.1, 0.15) is 42.6 Å². The van der Waals surface area contributed by atoms with E-state index in [1.165, 1.54) is 12.1 Å². The predicted molar refractivity (Wildman–Crippen MR) is 136 cm³/mol. The molecule has 7 heteroatoms. The lowest BCUT2D eigenvalue weighted by molar-refractivity contribution is 0.122. The van der Waals surface area contributed by atoms with Gasteiger partial charge in [0.25, 0.3) is 0 Å². The number of anilines is 1. The van der Waals surface area contributed by atoms with E-state index in [0.717, 1.165) is 36.4 Å². The van der Waals surface area contributed by atoms with Crippen LogP contribution < -0.4 is 9.64 Å². The first-order valence-corrected chi connectivity index (χ1v) is 12.1. The number of ether oxygens (including phenoxy) is 1. The van der Waals surface area contributed by atoms with Gasteiger partial charge in [-0.1, -0.05) is 35.9 Å². The van der Waals surface area contributed by atoms with E-state index < -0.39 is 6.10 Å². The number of nitrogens with zero attached hydrogens (tertiary/aromatic N) is 3. The van der Waals surface area contributed by atoms with Gasteiger partial charge in [0.1, 0.15) is 18.2 Å². The molecule has 1 heterocycles. The fourth-order valence-electron chi connectivity index (χ4n) is 4.49. The summed E-state index contributed by atoms with van der Waals surface area (Å²) in [5.41, 5.74) is 3.68. The van der Waals surface area contributed by atoms with Crippen LogP contribution in [0.2, 0.25) is 5.02 Å². The van der Waals surface area contributed by atoms with Crippen LogP contribution in [-0.2, 0) is 0 Å². The molecule has 35 heavy (non-hydrogen) atoms. The smallest absolute Gasteiger partial charge is 0.123 e.